The number of benzene rings is 2. The Labute approximate surface area is 222 Å². The Morgan fingerprint density at radius 3 is 2.41 bits per heavy atom. The molecule has 3 N–H and O–H groups in total. The summed E-state index contributed by atoms with van der Waals surface area (Å²) in [6.07, 6.45) is -2.25. The van der Waals surface area contributed by atoms with E-state index in [2.05, 4.69) is 19.9 Å². The van der Waals surface area contributed by atoms with E-state index in [1.54, 1.807) is 18.2 Å². The molecular formula is C27H29F3N6O3. The van der Waals surface area contributed by atoms with Crippen LogP contribution in [0, 0.1) is 0 Å². The SMILES string of the molecule is COCCOc1nc(N)c2[nH]c(=O)n(Cc3ccc(-c4ccc(CN5CCCC5)cc4)c(C(F)(F)F)c3)c2n1. The summed E-state index contributed by atoms with van der Waals surface area (Å²) in [5.74, 6) is -0.0113. The van der Waals surface area contributed by atoms with Gasteiger partial charge in [-0.15, -0.1) is 0 Å². The van der Waals surface area contributed by atoms with E-state index in [-0.39, 0.29) is 53.9 Å². The fourth-order valence-electron chi connectivity index (χ4n) is 4.81. The summed E-state index contributed by atoms with van der Waals surface area (Å²) < 4.78 is 54.1. The van der Waals surface area contributed by atoms with Crippen LogP contribution in [0.5, 0.6) is 6.01 Å². The molecule has 2 aromatic carbocycles. The van der Waals surface area contributed by atoms with Crippen molar-refractivity contribution in [2.75, 3.05) is 39.1 Å². The van der Waals surface area contributed by atoms with Gasteiger partial charge in [-0.1, -0.05) is 36.4 Å². The molecule has 1 aliphatic rings. The van der Waals surface area contributed by atoms with Crippen LogP contribution >= 0.6 is 0 Å². The number of fused-ring (bicyclic) bond motifs is 1. The summed E-state index contributed by atoms with van der Waals surface area (Å²) in [5.41, 5.74) is 6.81. The van der Waals surface area contributed by atoms with Crippen molar-refractivity contribution in [3.63, 3.8) is 0 Å². The molecule has 206 valence electrons. The molecule has 0 bridgehead atoms. The Bertz CT molecular complexity index is 1510. The monoisotopic (exact) mass is 542 g/mol. The highest BCUT2D eigenvalue weighted by Gasteiger charge is 2.34. The predicted molar refractivity (Wildman–Crippen MR) is 140 cm³/mol. The number of hydrogen-bond donors (Lipinski definition) is 2. The van der Waals surface area contributed by atoms with Crippen molar-refractivity contribution in [3.8, 4) is 17.1 Å². The number of rotatable bonds is 9. The van der Waals surface area contributed by atoms with Crippen molar-refractivity contribution in [3.05, 3.63) is 69.6 Å². The Balaban J connectivity index is 1.45. The fourth-order valence-corrected chi connectivity index (χ4v) is 4.81. The van der Waals surface area contributed by atoms with Crippen molar-refractivity contribution in [2.24, 2.45) is 0 Å². The first-order valence-electron chi connectivity index (χ1n) is 12.6. The number of alkyl halides is 3. The number of methoxy groups -OCH3 is 1. The Morgan fingerprint density at radius 1 is 1.00 bits per heavy atom. The zero-order chi connectivity index (χ0) is 27.6. The Morgan fingerprint density at radius 2 is 1.72 bits per heavy atom. The number of nitrogens with zero attached hydrogens (tertiary/aromatic N) is 4. The van der Waals surface area contributed by atoms with Crippen LogP contribution < -0.4 is 16.2 Å². The van der Waals surface area contributed by atoms with E-state index >= 15 is 0 Å². The highest BCUT2D eigenvalue weighted by Crippen LogP contribution is 2.38. The van der Waals surface area contributed by atoms with Gasteiger partial charge in [-0.25, -0.2) is 4.79 Å². The number of nitrogens with two attached hydrogens (primary N) is 1. The average molecular weight is 543 g/mol. The number of nitrogen functional groups attached to an aromatic ring is 1. The van der Waals surface area contributed by atoms with E-state index in [0.717, 1.165) is 31.3 Å². The second kappa shape index (κ2) is 11.1. The van der Waals surface area contributed by atoms with Crippen LogP contribution in [-0.4, -0.2) is 57.8 Å². The van der Waals surface area contributed by atoms with Crippen LogP contribution in [0.4, 0.5) is 19.0 Å². The first-order valence-corrected chi connectivity index (χ1v) is 12.6. The van der Waals surface area contributed by atoms with E-state index < -0.39 is 17.4 Å². The van der Waals surface area contributed by atoms with Crippen LogP contribution in [0.2, 0.25) is 0 Å². The second-order valence-electron chi connectivity index (χ2n) is 9.51. The first-order chi connectivity index (χ1) is 18.7. The minimum Gasteiger partial charge on any atom is -0.461 e. The van der Waals surface area contributed by atoms with E-state index in [4.69, 9.17) is 15.2 Å². The average Bonchev–Trinajstić information content (AvgIpc) is 3.52. The smallest absolute Gasteiger partial charge is 0.417 e. The molecule has 0 unspecified atom stereocenters. The fraction of sp³-hybridized carbons (Fsp3) is 0.370. The van der Waals surface area contributed by atoms with Gasteiger partial charge in [0.05, 0.1) is 18.7 Å². The van der Waals surface area contributed by atoms with Crippen LogP contribution in [0.25, 0.3) is 22.3 Å². The molecule has 0 amide bonds. The molecule has 0 saturated carbocycles. The van der Waals surface area contributed by atoms with Gasteiger partial charge in [-0.2, -0.15) is 23.1 Å². The van der Waals surface area contributed by atoms with Gasteiger partial charge in [0.25, 0.3) is 0 Å². The van der Waals surface area contributed by atoms with E-state index in [1.807, 2.05) is 12.1 Å². The molecule has 0 aliphatic carbocycles. The van der Waals surface area contributed by atoms with Crippen LogP contribution in [-0.2, 0) is 24.0 Å². The molecule has 0 atom stereocenters. The number of hydrogen-bond acceptors (Lipinski definition) is 7. The van der Waals surface area contributed by atoms with Crippen molar-refractivity contribution in [1.29, 1.82) is 0 Å². The number of aromatic amines is 1. The standard InChI is InChI=1S/C27H29F3N6O3/c1-38-12-13-39-25-33-23(31)22-24(34-25)36(26(37)32-22)16-18-6-9-20(21(14-18)27(28,29)30)19-7-4-17(5-8-19)15-35-10-2-3-11-35/h4-9,14H,2-3,10-13,15-16H2,1H3,(H,32,37)(H2,31,33,34). The van der Waals surface area contributed by atoms with Gasteiger partial charge in [-0.3, -0.25) is 9.47 Å². The lowest BCUT2D eigenvalue weighted by molar-refractivity contribution is -0.137. The number of nitrogens with one attached hydrogen (secondary N) is 1. The Hall–Kier alpha value is -3.90. The molecular weight excluding hydrogens is 513 g/mol. The van der Waals surface area contributed by atoms with Gasteiger partial charge in [0.1, 0.15) is 12.1 Å². The second-order valence-corrected chi connectivity index (χ2v) is 9.51. The summed E-state index contributed by atoms with van der Waals surface area (Å²) in [6, 6.07) is 11.2. The van der Waals surface area contributed by atoms with Gasteiger partial charge < -0.3 is 20.2 Å². The number of likely N-dealkylation sites (tertiary alicyclic amines) is 1. The van der Waals surface area contributed by atoms with Crippen LogP contribution in [0.1, 0.15) is 29.5 Å². The molecule has 1 saturated heterocycles. The minimum absolute atomic E-state index is 0.0113. The topological polar surface area (TPSA) is 111 Å². The Kier molecular flexibility index (Phi) is 7.58. The number of H-pyrrole nitrogens is 1. The molecule has 0 radical (unpaired) electrons. The number of aromatic nitrogens is 4. The van der Waals surface area contributed by atoms with Crippen LogP contribution in [0.15, 0.2) is 47.3 Å². The lowest BCUT2D eigenvalue weighted by Crippen LogP contribution is -2.18. The molecule has 3 heterocycles. The summed E-state index contributed by atoms with van der Waals surface area (Å²) in [6.45, 7) is 3.16. The third-order valence-electron chi connectivity index (χ3n) is 6.75. The molecule has 12 heteroatoms. The molecule has 4 aromatic rings. The molecule has 9 nitrogen and oxygen atoms in total. The van der Waals surface area contributed by atoms with Gasteiger partial charge in [0.2, 0.25) is 0 Å². The maximum absolute atomic E-state index is 14.2. The van der Waals surface area contributed by atoms with E-state index in [1.165, 1.54) is 30.6 Å². The lowest BCUT2D eigenvalue weighted by Gasteiger charge is -2.17. The summed E-state index contributed by atoms with van der Waals surface area (Å²) in [7, 11) is 1.51. The highest BCUT2D eigenvalue weighted by molar-refractivity contribution is 5.82. The molecule has 0 spiro atoms. The summed E-state index contributed by atoms with van der Waals surface area (Å²) >= 11 is 0. The first kappa shape index (κ1) is 26.7. The van der Waals surface area contributed by atoms with Crippen molar-refractivity contribution in [2.45, 2.75) is 32.1 Å². The maximum atomic E-state index is 14.2. The van der Waals surface area contributed by atoms with Crippen LogP contribution in [0.3, 0.4) is 0 Å². The lowest BCUT2D eigenvalue weighted by atomic mass is 9.96. The molecule has 1 fully saturated rings. The normalized spacial score (nSPS) is 14.4. The molecule has 39 heavy (non-hydrogen) atoms. The quantitative estimate of drug-likeness (QED) is 0.307. The minimum atomic E-state index is -4.60. The number of imidazole rings is 1. The van der Waals surface area contributed by atoms with Gasteiger partial charge in [-0.05, 0) is 54.3 Å². The maximum Gasteiger partial charge on any atom is 0.417 e. The van der Waals surface area contributed by atoms with Crippen molar-refractivity contribution < 1.29 is 22.6 Å². The summed E-state index contributed by atoms with van der Waals surface area (Å²) in [4.78, 5) is 25.9. The largest absolute Gasteiger partial charge is 0.461 e. The summed E-state index contributed by atoms with van der Waals surface area (Å²) in [5, 5.41) is 0. The van der Waals surface area contributed by atoms with E-state index in [9.17, 15) is 18.0 Å². The predicted octanol–water partition coefficient (Wildman–Crippen LogP) is 4.06. The number of anilines is 1. The zero-order valence-corrected chi connectivity index (χ0v) is 21.4. The van der Waals surface area contributed by atoms with Gasteiger partial charge in [0.15, 0.2) is 11.5 Å². The van der Waals surface area contributed by atoms with Gasteiger partial charge in [0, 0.05) is 13.7 Å². The molecule has 1 aliphatic heterocycles. The van der Waals surface area contributed by atoms with Gasteiger partial charge >= 0.3 is 17.9 Å². The third kappa shape index (κ3) is 5.91. The molecule has 2 aromatic heterocycles. The van der Waals surface area contributed by atoms with E-state index in [0.29, 0.717) is 5.56 Å². The molecule has 5 rings (SSSR count). The zero-order valence-electron chi connectivity index (χ0n) is 21.4. The number of ether oxygens (including phenoxy) is 2. The highest BCUT2D eigenvalue weighted by atomic mass is 19.4. The third-order valence-corrected chi connectivity index (χ3v) is 6.75. The van der Waals surface area contributed by atoms with Crippen molar-refractivity contribution in [1.82, 2.24) is 24.4 Å². The van der Waals surface area contributed by atoms with Crippen molar-refractivity contribution >= 4 is 17.0 Å². The number of halogens is 3.